The van der Waals surface area contributed by atoms with E-state index in [1.165, 1.54) is 12.1 Å². The zero-order valence-electron chi connectivity index (χ0n) is 17.3. The Bertz CT molecular complexity index is 774. The normalized spacial score (nSPS) is 19.6. The molecule has 0 aromatic heterocycles. The number of carbonyl (C=O) groups excluding carboxylic acids is 1. The average molecular weight is 418 g/mol. The highest BCUT2D eigenvalue weighted by atomic mass is 35.5. The van der Waals surface area contributed by atoms with E-state index < -0.39 is 0 Å². The first-order chi connectivity index (χ1) is 13.7. The Morgan fingerprint density at radius 2 is 1.76 bits per heavy atom. The second kappa shape index (κ2) is 9.27. The van der Waals surface area contributed by atoms with Crippen molar-refractivity contribution in [3.63, 3.8) is 0 Å². The zero-order valence-corrected chi connectivity index (χ0v) is 18.1. The molecular formula is C24H29ClFNO2. The van der Waals surface area contributed by atoms with E-state index in [9.17, 15) is 9.18 Å². The summed E-state index contributed by atoms with van der Waals surface area (Å²) in [6.07, 6.45) is 2.44. The monoisotopic (exact) mass is 417 g/mol. The molecule has 1 heterocycles. The molecule has 0 radical (unpaired) electrons. The van der Waals surface area contributed by atoms with Crippen molar-refractivity contribution in [2.45, 2.75) is 57.6 Å². The number of halogens is 2. The highest BCUT2D eigenvalue weighted by Crippen LogP contribution is 2.32. The molecule has 3 rings (SSSR count). The largest absolute Gasteiger partial charge is 0.375 e. The van der Waals surface area contributed by atoms with Gasteiger partial charge < -0.3 is 9.64 Å². The van der Waals surface area contributed by atoms with E-state index in [0.717, 1.165) is 30.4 Å². The first-order valence-electron chi connectivity index (χ1n) is 10.2. The van der Waals surface area contributed by atoms with Crippen LogP contribution in [-0.2, 0) is 9.53 Å². The van der Waals surface area contributed by atoms with Crippen molar-refractivity contribution in [2.24, 2.45) is 0 Å². The summed E-state index contributed by atoms with van der Waals surface area (Å²) in [6.45, 7) is 7.09. The topological polar surface area (TPSA) is 29.5 Å². The van der Waals surface area contributed by atoms with Gasteiger partial charge in [0.05, 0.1) is 5.60 Å². The van der Waals surface area contributed by atoms with E-state index in [2.05, 4.69) is 13.8 Å². The molecule has 1 saturated heterocycles. The molecule has 156 valence electrons. The first kappa shape index (κ1) is 21.8. The van der Waals surface area contributed by atoms with Crippen LogP contribution in [0.4, 0.5) is 4.39 Å². The van der Waals surface area contributed by atoms with Crippen LogP contribution >= 0.6 is 11.6 Å². The predicted octanol–water partition coefficient (Wildman–Crippen LogP) is 5.81. The van der Waals surface area contributed by atoms with Gasteiger partial charge in [0.25, 0.3) is 0 Å². The number of nitrogens with zero attached hydrogens (tertiary/aromatic N) is 1. The van der Waals surface area contributed by atoms with Crippen molar-refractivity contribution < 1.29 is 13.9 Å². The van der Waals surface area contributed by atoms with Crippen LogP contribution in [0, 0.1) is 5.82 Å². The van der Waals surface area contributed by atoms with E-state index in [1.807, 2.05) is 41.3 Å². The van der Waals surface area contributed by atoms with Gasteiger partial charge in [-0.3, -0.25) is 4.79 Å². The number of hydrogen-bond donors (Lipinski definition) is 0. The minimum atomic E-state index is -0.251. The highest BCUT2D eigenvalue weighted by molar-refractivity contribution is 6.30. The standard InChI is InChI=1S/C24H29ClFNO2/c1-17(28)27(22-13-15-29-24(2,3)16-22)14-12-23(18-4-8-20(25)9-5-18)19-6-10-21(26)11-7-19/h4-11,22-23H,12-16H2,1-3H3/t22-,23-/m1/s1. The van der Waals surface area contributed by atoms with Gasteiger partial charge in [0, 0.05) is 37.1 Å². The molecule has 0 bridgehead atoms. The molecule has 0 aliphatic carbocycles. The summed E-state index contributed by atoms with van der Waals surface area (Å²) in [4.78, 5) is 14.4. The summed E-state index contributed by atoms with van der Waals surface area (Å²) >= 11 is 6.07. The van der Waals surface area contributed by atoms with E-state index >= 15 is 0 Å². The third kappa shape index (κ3) is 5.80. The van der Waals surface area contributed by atoms with Crippen LogP contribution in [0.3, 0.4) is 0 Å². The lowest BCUT2D eigenvalue weighted by Gasteiger charge is -2.41. The second-order valence-electron chi connectivity index (χ2n) is 8.41. The van der Waals surface area contributed by atoms with Gasteiger partial charge in [0.15, 0.2) is 0 Å². The number of amides is 1. The molecule has 3 nitrogen and oxygen atoms in total. The van der Waals surface area contributed by atoms with Crippen LogP contribution in [0.15, 0.2) is 48.5 Å². The number of hydrogen-bond acceptors (Lipinski definition) is 2. The Kier molecular flexibility index (Phi) is 6.97. The van der Waals surface area contributed by atoms with Crippen molar-refractivity contribution in [1.82, 2.24) is 4.90 Å². The molecule has 2 aromatic rings. The molecule has 1 amide bonds. The fraction of sp³-hybridized carbons (Fsp3) is 0.458. The van der Waals surface area contributed by atoms with Gasteiger partial charge in [-0.25, -0.2) is 4.39 Å². The highest BCUT2D eigenvalue weighted by Gasteiger charge is 2.33. The maximum absolute atomic E-state index is 13.5. The van der Waals surface area contributed by atoms with Crippen molar-refractivity contribution >= 4 is 17.5 Å². The maximum Gasteiger partial charge on any atom is 0.219 e. The lowest BCUT2D eigenvalue weighted by Crippen LogP contribution is -2.48. The quantitative estimate of drug-likeness (QED) is 0.593. The third-order valence-corrected chi connectivity index (χ3v) is 5.97. The van der Waals surface area contributed by atoms with Gasteiger partial charge in [-0.15, -0.1) is 0 Å². The Labute approximate surface area is 177 Å². The van der Waals surface area contributed by atoms with Crippen LogP contribution in [0.1, 0.15) is 57.1 Å². The smallest absolute Gasteiger partial charge is 0.219 e. The predicted molar refractivity (Wildman–Crippen MR) is 115 cm³/mol. The average Bonchev–Trinajstić information content (AvgIpc) is 2.66. The zero-order chi connectivity index (χ0) is 21.0. The SMILES string of the molecule is CC(=O)N(CC[C@@H](c1ccc(F)cc1)c1ccc(Cl)cc1)[C@@H]1CCOC(C)(C)C1. The maximum atomic E-state index is 13.5. The summed E-state index contributed by atoms with van der Waals surface area (Å²) in [5.74, 6) is -0.109. The van der Waals surface area contributed by atoms with Crippen molar-refractivity contribution in [3.05, 3.63) is 70.5 Å². The first-order valence-corrected chi connectivity index (χ1v) is 10.5. The van der Waals surface area contributed by atoms with Crippen LogP contribution in [0.2, 0.25) is 5.02 Å². The molecule has 1 aliphatic heterocycles. The van der Waals surface area contributed by atoms with Gasteiger partial charge >= 0.3 is 0 Å². The Hall–Kier alpha value is -1.91. The molecule has 0 N–H and O–H groups in total. The number of benzene rings is 2. The molecule has 5 heteroatoms. The van der Waals surface area contributed by atoms with Gasteiger partial charge in [-0.2, -0.15) is 0 Å². The fourth-order valence-electron chi connectivity index (χ4n) is 4.25. The molecule has 0 saturated carbocycles. The molecule has 29 heavy (non-hydrogen) atoms. The van der Waals surface area contributed by atoms with E-state index in [0.29, 0.717) is 18.2 Å². The fourth-order valence-corrected chi connectivity index (χ4v) is 4.37. The number of ether oxygens (including phenoxy) is 1. The Balaban J connectivity index is 1.81. The minimum absolute atomic E-state index is 0.0579. The summed E-state index contributed by atoms with van der Waals surface area (Å²) in [5, 5.41) is 0.682. The molecule has 1 fully saturated rings. The minimum Gasteiger partial charge on any atom is -0.375 e. The molecule has 2 atom stereocenters. The summed E-state index contributed by atoms with van der Waals surface area (Å²) < 4.78 is 19.3. The molecule has 1 aliphatic rings. The van der Waals surface area contributed by atoms with Crippen LogP contribution in [0.5, 0.6) is 0 Å². The van der Waals surface area contributed by atoms with Gasteiger partial charge in [0.1, 0.15) is 5.82 Å². The number of rotatable bonds is 6. The molecule has 0 spiro atoms. The van der Waals surface area contributed by atoms with E-state index in [1.54, 1.807) is 6.92 Å². The van der Waals surface area contributed by atoms with Crippen molar-refractivity contribution in [3.8, 4) is 0 Å². The number of carbonyl (C=O) groups is 1. The molecule has 0 unspecified atom stereocenters. The molecular weight excluding hydrogens is 389 g/mol. The van der Waals surface area contributed by atoms with Crippen LogP contribution in [0.25, 0.3) is 0 Å². The lowest BCUT2D eigenvalue weighted by molar-refractivity contribution is -0.138. The lowest BCUT2D eigenvalue weighted by atomic mass is 9.87. The van der Waals surface area contributed by atoms with E-state index in [4.69, 9.17) is 16.3 Å². The summed E-state index contributed by atoms with van der Waals surface area (Å²) in [6, 6.07) is 14.6. The van der Waals surface area contributed by atoms with Gasteiger partial charge in [0.2, 0.25) is 5.91 Å². The molecule has 2 aromatic carbocycles. The second-order valence-corrected chi connectivity index (χ2v) is 8.85. The Morgan fingerprint density at radius 1 is 1.17 bits per heavy atom. The summed E-state index contributed by atoms with van der Waals surface area (Å²) in [5.41, 5.74) is 1.92. The van der Waals surface area contributed by atoms with E-state index in [-0.39, 0.29) is 29.3 Å². The summed E-state index contributed by atoms with van der Waals surface area (Å²) in [7, 11) is 0. The Morgan fingerprint density at radius 3 is 2.31 bits per heavy atom. The van der Waals surface area contributed by atoms with Crippen molar-refractivity contribution in [2.75, 3.05) is 13.2 Å². The van der Waals surface area contributed by atoms with Gasteiger partial charge in [-0.05, 0) is 68.5 Å². The van der Waals surface area contributed by atoms with Crippen LogP contribution < -0.4 is 0 Å². The third-order valence-electron chi connectivity index (χ3n) is 5.72. The van der Waals surface area contributed by atoms with Gasteiger partial charge in [-0.1, -0.05) is 35.9 Å². The van der Waals surface area contributed by atoms with Crippen molar-refractivity contribution in [1.29, 1.82) is 0 Å². The van der Waals surface area contributed by atoms with Crippen LogP contribution in [-0.4, -0.2) is 35.6 Å².